The highest BCUT2D eigenvalue weighted by molar-refractivity contribution is 6.33. The average Bonchev–Trinajstić information content (AvgIpc) is 3.13. The Morgan fingerprint density at radius 3 is 2.07 bits per heavy atom. The molecule has 0 spiro atoms. The average molecular weight is 383 g/mol. The minimum atomic E-state index is 0.264. The molecule has 0 saturated heterocycles. The van der Waals surface area contributed by atoms with Gasteiger partial charge >= 0.3 is 0 Å². The molecule has 0 N–H and O–H groups in total. The fourth-order valence-corrected chi connectivity index (χ4v) is 3.18. The molecule has 28 heavy (non-hydrogen) atoms. The van der Waals surface area contributed by atoms with E-state index in [0.717, 1.165) is 22.3 Å². The zero-order valence-corrected chi connectivity index (χ0v) is 15.6. The monoisotopic (exact) mass is 382 g/mol. The maximum Gasteiger partial charge on any atom is 0.238 e. The highest BCUT2D eigenvalue weighted by Gasteiger charge is 2.22. The number of nitriles is 1. The highest BCUT2D eigenvalue weighted by atomic mass is 35.5. The third-order valence-corrected chi connectivity index (χ3v) is 4.67. The van der Waals surface area contributed by atoms with Crippen molar-refractivity contribution in [1.82, 2.24) is 0 Å². The summed E-state index contributed by atoms with van der Waals surface area (Å²) in [7, 11) is 0. The van der Waals surface area contributed by atoms with Gasteiger partial charge < -0.3 is 4.42 Å². The molecular weight excluding hydrogens is 368 g/mol. The second-order valence-corrected chi connectivity index (χ2v) is 6.52. The molecule has 0 unspecified atom stereocenters. The molecule has 1 heterocycles. The second kappa shape index (κ2) is 7.96. The Morgan fingerprint density at radius 1 is 0.821 bits per heavy atom. The Hall–Kier alpha value is -3.61. The standard InChI is InChI=1S/C24H15ClN2O/c25-21-14-8-7-13-19(21)16-27-24-20(15-26)22(17-9-3-1-4-10-17)23(28-24)18-11-5-2-6-12-18/h1-14,16H. The van der Waals surface area contributed by atoms with Gasteiger partial charge in [-0.3, -0.25) is 0 Å². The lowest BCUT2D eigenvalue weighted by Crippen LogP contribution is -1.84. The van der Waals surface area contributed by atoms with Crippen molar-refractivity contribution < 1.29 is 4.42 Å². The molecular formula is C24H15ClN2O. The van der Waals surface area contributed by atoms with Crippen LogP contribution >= 0.6 is 11.6 Å². The molecule has 4 rings (SSSR count). The number of rotatable bonds is 4. The van der Waals surface area contributed by atoms with Crippen molar-refractivity contribution in [3.8, 4) is 28.5 Å². The third-order valence-electron chi connectivity index (χ3n) is 4.33. The van der Waals surface area contributed by atoms with E-state index in [1.54, 1.807) is 12.3 Å². The van der Waals surface area contributed by atoms with Crippen LogP contribution in [-0.4, -0.2) is 6.21 Å². The molecule has 0 aliphatic carbocycles. The van der Waals surface area contributed by atoms with Gasteiger partial charge in [0, 0.05) is 27.9 Å². The summed E-state index contributed by atoms with van der Waals surface area (Å²) in [4.78, 5) is 4.44. The topological polar surface area (TPSA) is 49.3 Å². The molecule has 3 aromatic carbocycles. The second-order valence-electron chi connectivity index (χ2n) is 6.11. The fourth-order valence-electron chi connectivity index (χ4n) is 2.99. The lowest BCUT2D eigenvalue weighted by atomic mass is 9.98. The summed E-state index contributed by atoms with van der Waals surface area (Å²) in [6, 6.07) is 29.1. The summed E-state index contributed by atoms with van der Waals surface area (Å²) in [6.07, 6.45) is 1.62. The van der Waals surface area contributed by atoms with E-state index < -0.39 is 0 Å². The maximum absolute atomic E-state index is 9.86. The number of hydrogen-bond acceptors (Lipinski definition) is 3. The van der Waals surface area contributed by atoms with Gasteiger partial charge in [0.25, 0.3) is 0 Å². The summed E-state index contributed by atoms with van der Waals surface area (Å²) in [5.41, 5.74) is 3.68. The highest BCUT2D eigenvalue weighted by Crippen LogP contribution is 2.42. The van der Waals surface area contributed by atoms with Crippen molar-refractivity contribution in [1.29, 1.82) is 5.26 Å². The number of furan rings is 1. The number of aliphatic imine (C=N–C) groups is 1. The molecule has 134 valence electrons. The van der Waals surface area contributed by atoms with Gasteiger partial charge in [0.2, 0.25) is 5.88 Å². The number of nitrogens with zero attached hydrogens (tertiary/aromatic N) is 2. The molecule has 0 aliphatic heterocycles. The van der Waals surface area contributed by atoms with Crippen LogP contribution in [0.5, 0.6) is 0 Å². The van der Waals surface area contributed by atoms with Crippen LogP contribution in [0.2, 0.25) is 5.02 Å². The Kier molecular flexibility index (Phi) is 5.05. The Balaban J connectivity index is 1.90. The normalized spacial score (nSPS) is 10.9. The molecule has 4 aromatic rings. The van der Waals surface area contributed by atoms with Gasteiger partial charge in [-0.25, -0.2) is 4.99 Å². The number of halogens is 1. The van der Waals surface area contributed by atoms with Crippen LogP contribution in [0.1, 0.15) is 11.1 Å². The van der Waals surface area contributed by atoms with Crippen molar-refractivity contribution in [3.05, 3.63) is 101 Å². The van der Waals surface area contributed by atoms with Gasteiger partial charge in [-0.1, -0.05) is 90.5 Å². The molecule has 0 fully saturated rings. The van der Waals surface area contributed by atoms with E-state index in [1.807, 2.05) is 78.9 Å². The van der Waals surface area contributed by atoms with Crippen LogP contribution < -0.4 is 0 Å². The Morgan fingerprint density at radius 2 is 1.43 bits per heavy atom. The largest absolute Gasteiger partial charge is 0.436 e. The van der Waals surface area contributed by atoms with Crippen LogP contribution in [0.25, 0.3) is 22.5 Å². The lowest BCUT2D eigenvalue weighted by molar-refractivity contribution is 0.593. The van der Waals surface area contributed by atoms with E-state index in [0.29, 0.717) is 16.3 Å². The molecule has 0 aliphatic rings. The van der Waals surface area contributed by atoms with Gasteiger partial charge in [0.05, 0.1) is 0 Å². The summed E-state index contributed by atoms with van der Waals surface area (Å²) in [6.45, 7) is 0. The molecule has 0 atom stereocenters. The quantitative estimate of drug-likeness (QED) is 0.361. The maximum atomic E-state index is 9.86. The van der Waals surface area contributed by atoms with Gasteiger partial charge in [-0.05, 0) is 11.6 Å². The smallest absolute Gasteiger partial charge is 0.238 e. The number of benzene rings is 3. The minimum absolute atomic E-state index is 0.264. The molecule has 4 heteroatoms. The first-order valence-corrected chi connectivity index (χ1v) is 9.12. The van der Waals surface area contributed by atoms with Crippen molar-refractivity contribution in [3.63, 3.8) is 0 Å². The van der Waals surface area contributed by atoms with Crippen LogP contribution in [0.3, 0.4) is 0 Å². The van der Waals surface area contributed by atoms with Gasteiger partial charge in [0.15, 0.2) is 0 Å². The molecule has 0 saturated carbocycles. The van der Waals surface area contributed by atoms with E-state index in [1.165, 1.54) is 0 Å². The van der Waals surface area contributed by atoms with E-state index in [9.17, 15) is 5.26 Å². The summed E-state index contributed by atoms with van der Waals surface area (Å²) in [5.74, 6) is 0.884. The first kappa shape index (κ1) is 17.8. The number of hydrogen-bond donors (Lipinski definition) is 0. The van der Waals surface area contributed by atoms with E-state index in [-0.39, 0.29) is 5.88 Å². The van der Waals surface area contributed by atoms with Gasteiger partial charge in [-0.2, -0.15) is 5.26 Å². The predicted molar refractivity (Wildman–Crippen MR) is 113 cm³/mol. The van der Waals surface area contributed by atoms with Crippen LogP contribution in [0.15, 0.2) is 94.3 Å². The summed E-state index contributed by atoms with van der Waals surface area (Å²) in [5, 5.41) is 10.4. The minimum Gasteiger partial charge on any atom is -0.436 e. The molecule has 0 amide bonds. The fraction of sp³-hybridized carbons (Fsp3) is 0. The first-order chi connectivity index (χ1) is 13.8. The van der Waals surface area contributed by atoms with E-state index in [4.69, 9.17) is 16.0 Å². The van der Waals surface area contributed by atoms with Crippen molar-refractivity contribution >= 4 is 23.7 Å². The van der Waals surface area contributed by atoms with Crippen molar-refractivity contribution in [2.75, 3.05) is 0 Å². The van der Waals surface area contributed by atoms with E-state index >= 15 is 0 Å². The summed E-state index contributed by atoms with van der Waals surface area (Å²) >= 11 is 6.21. The van der Waals surface area contributed by atoms with Gasteiger partial charge in [-0.15, -0.1) is 0 Å². The van der Waals surface area contributed by atoms with Crippen LogP contribution in [0, 0.1) is 11.3 Å². The molecule has 3 nitrogen and oxygen atoms in total. The van der Waals surface area contributed by atoms with Gasteiger partial charge in [0.1, 0.15) is 17.4 Å². The zero-order chi connectivity index (χ0) is 19.3. The molecule has 0 bridgehead atoms. The lowest BCUT2D eigenvalue weighted by Gasteiger charge is -2.03. The Bertz CT molecular complexity index is 1170. The molecule has 1 aromatic heterocycles. The third kappa shape index (κ3) is 3.46. The SMILES string of the molecule is N#Cc1c(N=Cc2ccccc2Cl)oc(-c2ccccc2)c1-c1ccccc1. The zero-order valence-electron chi connectivity index (χ0n) is 14.8. The summed E-state index contributed by atoms with van der Waals surface area (Å²) < 4.78 is 6.08. The van der Waals surface area contributed by atoms with E-state index in [2.05, 4.69) is 11.1 Å². The Labute approximate surface area is 168 Å². The van der Waals surface area contributed by atoms with Crippen LogP contribution in [-0.2, 0) is 0 Å². The predicted octanol–water partition coefficient (Wildman–Crippen LogP) is 6.89. The van der Waals surface area contributed by atoms with Crippen molar-refractivity contribution in [2.45, 2.75) is 0 Å². The van der Waals surface area contributed by atoms with Crippen molar-refractivity contribution in [2.24, 2.45) is 4.99 Å². The van der Waals surface area contributed by atoms with Crippen LogP contribution in [0.4, 0.5) is 5.88 Å². The molecule has 0 radical (unpaired) electrons. The first-order valence-electron chi connectivity index (χ1n) is 8.74.